The number of anilines is 2. The summed E-state index contributed by atoms with van der Waals surface area (Å²) in [7, 11) is -3.34. The molecule has 0 saturated heterocycles. The Bertz CT molecular complexity index is 915. The van der Waals surface area contributed by atoms with Crippen LogP contribution in [0.3, 0.4) is 0 Å². The lowest BCUT2D eigenvalue weighted by molar-refractivity contribution is 0.251. The Kier molecular flexibility index (Phi) is 4.63. The van der Waals surface area contributed by atoms with Gasteiger partial charge in [-0.25, -0.2) is 17.6 Å². The monoisotopic (exact) mass is 363 g/mol. The van der Waals surface area contributed by atoms with E-state index in [1.807, 2.05) is 6.07 Å². The lowest BCUT2D eigenvalue weighted by Gasteiger charge is -2.17. The van der Waals surface area contributed by atoms with Crippen molar-refractivity contribution < 1.29 is 17.6 Å². The molecule has 0 aliphatic carbocycles. The second kappa shape index (κ2) is 6.72. The summed E-state index contributed by atoms with van der Waals surface area (Å²) in [6.07, 6.45) is 1.81. The minimum absolute atomic E-state index is 0.185. The van der Waals surface area contributed by atoms with Crippen LogP contribution in [0.2, 0.25) is 0 Å². The van der Waals surface area contributed by atoms with Gasteiger partial charge in [-0.3, -0.25) is 4.31 Å². The average Bonchev–Trinajstić information content (AvgIpc) is 2.96. The number of fused-ring (bicyclic) bond motifs is 1. The summed E-state index contributed by atoms with van der Waals surface area (Å²) in [6, 6.07) is 10.7. The van der Waals surface area contributed by atoms with Gasteiger partial charge in [0.25, 0.3) is 0 Å². The minimum Gasteiger partial charge on any atom is -0.334 e. The van der Waals surface area contributed by atoms with Crippen LogP contribution < -0.4 is 14.9 Å². The molecule has 6 nitrogen and oxygen atoms in total. The number of nitrogens with one attached hydrogen (secondary N) is 2. The van der Waals surface area contributed by atoms with Crippen molar-refractivity contribution in [3.8, 4) is 0 Å². The van der Waals surface area contributed by atoms with E-state index in [1.54, 1.807) is 24.3 Å². The van der Waals surface area contributed by atoms with E-state index in [9.17, 15) is 17.6 Å². The predicted octanol–water partition coefficient (Wildman–Crippen LogP) is 2.47. The number of hydrogen-bond donors (Lipinski definition) is 2. The van der Waals surface area contributed by atoms with Crippen LogP contribution in [0.1, 0.15) is 11.1 Å². The van der Waals surface area contributed by atoms with Crippen molar-refractivity contribution in [2.45, 2.75) is 13.0 Å². The number of nitrogens with zero attached hydrogens (tertiary/aromatic N) is 1. The topological polar surface area (TPSA) is 78.5 Å². The molecular formula is C17H18FN3O3S. The Labute approximate surface area is 145 Å². The summed E-state index contributed by atoms with van der Waals surface area (Å²) in [4.78, 5) is 12.0. The van der Waals surface area contributed by atoms with E-state index < -0.39 is 16.1 Å². The minimum atomic E-state index is -3.34. The molecule has 0 radical (unpaired) electrons. The number of carbonyl (C=O) groups excluding carboxylic acids is 1. The molecule has 2 aromatic rings. The number of amides is 2. The maximum absolute atomic E-state index is 13.1. The van der Waals surface area contributed by atoms with Crippen molar-refractivity contribution in [3.63, 3.8) is 0 Å². The van der Waals surface area contributed by atoms with E-state index in [0.29, 0.717) is 29.9 Å². The lowest BCUT2D eigenvalue weighted by Crippen LogP contribution is -2.29. The highest BCUT2D eigenvalue weighted by Gasteiger charge is 2.26. The molecule has 0 bridgehead atoms. The van der Waals surface area contributed by atoms with E-state index in [1.165, 1.54) is 16.4 Å². The Hall–Kier alpha value is -2.61. The second-order valence-corrected chi connectivity index (χ2v) is 7.77. The van der Waals surface area contributed by atoms with E-state index in [4.69, 9.17) is 0 Å². The molecule has 25 heavy (non-hydrogen) atoms. The number of halogens is 1. The molecule has 0 saturated carbocycles. The third-order valence-corrected chi connectivity index (χ3v) is 5.12. The van der Waals surface area contributed by atoms with Gasteiger partial charge in [0.15, 0.2) is 0 Å². The highest BCUT2D eigenvalue weighted by Crippen LogP contribution is 2.32. The molecule has 1 aliphatic rings. The van der Waals surface area contributed by atoms with Crippen molar-refractivity contribution >= 4 is 27.4 Å². The van der Waals surface area contributed by atoms with Crippen LogP contribution in [0, 0.1) is 5.82 Å². The van der Waals surface area contributed by atoms with Crippen LogP contribution >= 0.6 is 0 Å². The molecule has 2 N–H and O–H groups in total. The van der Waals surface area contributed by atoms with Gasteiger partial charge >= 0.3 is 6.03 Å². The zero-order chi connectivity index (χ0) is 18.0. The first-order valence-corrected chi connectivity index (χ1v) is 9.58. The van der Waals surface area contributed by atoms with Crippen LogP contribution in [0.5, 0.6) is 0 Å². The number of rotatable bonds is 4. The van der Waals surface area contributed by atoms with Crippen LogP contribution in [-0.2, 0) is 23.0 Å². The first kappa shape index (κ1) is 17.2. The highest BCUT2D eigenvalue weighted by atomic mass is 32.2. The zero-order valence-electron chi connectivity index (χ0n) is 13.6. The molecule has 8 heteroatoms. The molecule has 0 fully saturated rings. The van der Waals surface area contributed by atoms with Crippen molar-refractivity contribution in [2.75, 3.05) is 22.4 Å². The van der Waals surface area contributed by atoms with Gasteiger partial charge in [-0.2, -0.15) is 0 Å². The van der Waals surface area contributed by atoms with Gasteiger partial charge in [-0.05, 0) is 41.8 Å². The van der Waals surface area contributed by atoms with Crippen LogP contribution in [0.4, 0.5) is 20.6 Å². The summed E-state index contributed by atoms with van der Waals surface area (Å²) in [5.41, 5.74) is 2.65. The molecule has 3 rings (SSSR count). The summed E-state index contributed by atoms with van der Waals surface area (Å²) < 4.78 is 38.1. The quantitative estimate of drug-likeness (QED) is 0.876. The van der Waals surface area contributed by atoms with Gasteiger partial charge < -0.3 is 10.6 Å². The number of sulfonamides is 1. The maximum Gasteiger partial charge on any atom is 0.319 e. The van der Waals surface area contributed by atoms with Crippen molar-refractivity contribution in [1.82, 2.24) is 5.32 Å². The largest absolute Gasteiger partial charge is 0.334 e. The van der Waals surface area contributed by atoms with Gasteiger partial charge in [0.05, 0.1) is 11.9 Å². The molecule has 2 aromatic carbocycles. The van der Waals surface area contributed by atoms with Crippen LogP contribution in [0.15, 0.2) is 42.5 Å². The number of hydrogen-bond acceptors (Lipinski definition) is 3. The van der Waals surface area contributed by atoms with Crippen molar-refractivity contribution in [2.24, 2.45) is 0 Å². The summed E-state index contributed by atoms with van der Waals surface area (Å²) in [5, 5.41) is 5.30. The first-order chi connectivity index (χ1) is 11.8. The molecule has 2 amide bonds. The molecule has 132 valence electrons. The summed E-state index contributed by atoms with van der Waals surface area (Å²) in [6.45, 7) is 0.591. The Morgan fingerprint density at radius 3 is 2.76 bits per heavy atom. The normalized spacial score (nSPS) is 13.4. The zero-order valence-corrected chi connectivity index (χ0v) is 14.4. The smallest absolute Gasteiger partial charge is 0.319 e. The standard InChI is InChI=1S/C17H18FN3O3S/c1-25(23,24)21-8-7-13-5-6-15(10-16(13)21)20-17(22)19-11-12-3-2-4-14(18)9-12/h2-6,9-10H,7-8,11H2,1H3,(H2,19,20,22). The fourth-order valence-electron chi connectivity index (χ4n) is 2.78. The van der Waals surface area contributed by atoms with Gasteiger partial charge in [-0.1, -0.05) is 18.2 Å². The van der Waals surface area contributed by atoms with Gasteiger partial charge in [-0.15, -0.1) is 0 Å². The van der Waals surface area contributed by atoms with Gasteiger partial charge in [0.2, 0.25) is 10.0 Å². The third-order valence-electron chi connectivity index (χ3n) is 3.94. The average molecular weight is 363 g/mol. The fourth-order valence-corrected chi connectivity index (χ4v) is 3.73. The Morgan fingerprint density at radius 2 is 2.04 bits per heavy atom. The SMILES string of the molecule is CS(=O)(=O)N1CCc2ccc(NC(=O)NCc3cccc(F)c3)cc21. The molecule has 0 spiro atoms. The predicted molar refractivity (Wildman–Crippen MR) is 94.6 cm³/mol. The van der Waals surface area contributed by atoms with E-state index in [2.05, 4.69) is 10.6 Å². The summed E-state index contributed by atoms with van der Waals surface area (Å²) in [5.74, 6) is -0.362. The van der Waals surface area contributed by atoms with E-state index in [0.717, 1.165) is 11.8 Å². The van der Waals surface area contributed by atoms with Crippen molar-refractivity contribution in [3.05, 3.63) is 59.4 Å². The summed E-state index contributed by atoms with van der Waals surface area (Å²) >= 11 is 0. The van der Waals surface area contributed by atoms with Gasteiger partial charge in [0, 0.05) is 18.8 Å². The van der Waals surface area contributed by atoms with Crippen LogP contribution in [-0.4, -0.2) is 27.2 Å². The maximum atomic E-state index is 13.1. The van der Waals surface area contributed by atoms with Gasteiger partial charge in [0.1, 0.15) is 5.82 Å². The number of carbonyl (C=O) groups is 1. The molecule has 0 unspecified atom stereocenters. The van der Waals surface area contributed by atoms with Crippen molar-refractivity contribution in [1.29, 1.82) is 0 Å². The third kappa shape index (κ3) is 4.08. The lowest BCUT2D eigenvalue weighted by atomic mass is 10.1. The second-order valence-electron chi connectivity index (χ2n) is 5.87. The molecule has 1 heterocycles. The highest BCUT2D eigenvalue weighted by molar-refractivity contribution is 7.92. The Balaban J connectivity index is 1.66. The molecule has 0 aromatic heterocycles. The fraction of sp³-hybridized carbons (Fsp3) is 0.235. The van der Waals surface area contributed by atoms with E-state index >= 15 is 0 Å². The molecule has 0 atom stereocenters. The first-order valence-electron chi connectivity index (χ1n) is 7.73. The number of benzene rings is 2. The van der Waals surface area contributed by atoms with Crippen LogP contribution in [0.25, 0.3) is 0 Å². The number of urea groups is 1. The molecule has 1 aliphatic heterocycles. The molecular weight excluding hydrogens is 345 g/mol. The Morgan fingerprint density at radius 1 is 1.24 bits per heavy atom. The van der Waals surface area contributed by atoms with E-state index in [-0.39, 0.29) is 12.4 Å².